The van der Waals surface area contributed by atoms with E-state index in [0.717, 1.165) is 4.90 Å². The van der Waals surface area contributed by atoms with E-state index >= 15 is 0 Å². The van der Waals surface area contributed by atoms with Gasteiger partial charge in [-0.3, -0.25) is 4.79 Å². The minimum absolute atomic E-state index is 0. The fraction of sp³-hybridized carbons (Fsp3) is 0.348. The first-order valence-electron chi connectivity index (χ1n) is 10.6. The Balaban J connectivity index is 0.00000456. The van der Waals surface area contributed by atoms with Gasteiger partial charge >= 0.3 is 31.1 Å². The smallest absolute Gasteiger partial charge is 0.440 e. The molecule has 0 fully saturated rings. The van der Waals surface area contributed by atoms with Crippen LogP contribution < -0.4 is 29.5 Å². The normalized spacial score (nSPS) is 17.3. The number of fused-ring (bicyclic) bond motifs is 1. The zero-order valence-electron chi connectivity index (χ0n) is 19.5. The average molecular weight is 499 g/mol. The molecule has 3 rings (SSSR count). The summed E-state index contributed by atoms with van der Waals surface area (Å²) in [7, 11) is 0. The van der Waals surface area contributed by atoms with Crippen molar-refractivity contribution in [3.05, 3.63) is 65.5 Å². The largest absolute Gasteiger partial charge is 1.00 e. The Kier molecular flexibility index (Phi) is 10.7. The van der Waals surface area contributed by atoms with Crippen molar-refractivity contribution in [3.63, 3.8) is 0 Å². The number of benzene rings is 1. The molecule has 2 N–H and O–H groups in total. The maximum Gasteiger partial charge on any atom is 1.00 e. The molecule has 8 nitrogen and oxygen atoms in total. The van der Waals surface area contributed by atoms with Gasteiger partial charge in [-0.2, -0.15) is 25.7 Å². The summed E-state index contributed by atoms with van der Waals surface area (Å²) in [5.41, 5.74) is 1.15. The van der Waals surface area contributed by atoms with Crippen LogP contribution in [0.15, 0.2) is 46.3 Å². The van der Waals surface area contributed by atoms with Gasteiger partial charge in [0, 0.05) is 13.1 Å². The van der Waals surface area contributed by atoms with Crippen molar-refractivity contribution in [2.75, 3.05) is 13.2 Å². The third-order valence-electron chi connectivity index (χ3n) is 4.91. The number of hydrogen-bond donors (Lipinski definition) is 2. The first-order chi connectivity index (χ1) is 16.7. The minimum atomic E-state index is -4.64. The number of carbonyl (C=O) groups excluding carboxylic acids is 2. The summed E-state index contributed by atoms with van der Waals surface area (Å²) in [5.74, 6) is -1.49. The van der Waals surface area contributed by atoms with Gasteiger partial charge < -0.3 is 43.6 Å². The molecular formula is C23H22F4LiN5O3-2. The Morgan fingerprint density at radius 3 is 2.78 bits per heavy atom. The molecule has 188 valence electrons. The second-order valence-corrected chi connectivity index (χ2v) is 7.58. The van der Waals surface area contributed by atoms with Crippen molar-refractivity contribution in [3.8, 4) is 0 Å². The monoisotopic (exact) mass is 499 g/mol. The molecule has 2 heterocycles. The number of nitrogens with one attached hydrogen (secondary N) is 2. The summed E-state index contributed by atoms with van der Waals surface area (Å²) >= 11 is 0. The van der Waals surface area contributed by atoms with Gasteiger partial charge in [0.05, 0.1) is 5.56 Å². The number of halogens is 4. The Morgan fingerprint density at radius 1 is 1.28 bits per heavy atom. The maximum atomic E-state index is 14.6. The van der Waals surface area contributed by atoms with Gasteiger partial charge in [0.2, 0.25) is 0 Å². The topological polar surface area (TPSA) is 95.4 Å². The predicted octanol–water partition coefficient (Wildman–Crippen LogP) is 0.411. The van der Waals surface area contributed by atoms with Gasteiger partial charge in [0.25, 0.3) is 5.91 Å². The SMILES string of the molecule is [CH2-]CC[C-]=NN=[C-]C1=CC=CC(NC(=O)c2cc3c(cc2F)CCN(C(=O)OCC(F)(F)F)C3)N1.[Li+]. The van der Waals surface area contributed by atoms with E-state index in [1.54, 1.807) is 18.2 Å². The van der Waals surface area contributed by atoms with Crippen LogP contribution in [0, 0.1) is 12.7 Å². The molecule has 1 atom stereocenters. The molecular weight excluding hydrogens is 477 g/mol. The van der Waals surface area contributed by atoms with E-state index in [0.29, 0.717) is 29.7 Å². The Labute approximate surface area is 217 Å². The van der Waals surface area contributed by atoms with Gasteiger partial charge in [-0.1, -0.05) is 6.08 Å². The van der Waals surface area contributed by atoms with Crippen LogP contribution >= 0.6 is 0 Å². The van der Waals surface area contributed by atoms with E-state index in [2.05, 4.69) is 44.9 Å². The zero-order valence-corrected chi connectivity index (χ0v) is 19.5. The van der Waals surface area contributed by atoms with E-state index in [9.17, 15) is 27.2 Å². The van der Waals surface area contributed by atoms with Crippen molar-refractivity contribution in [2.45, 2.75) is 38.1 Å². The molecule has 0 aliphatic carbocycles. The van der Waals surface area contributed by atoms with Crippen LogP contribution in [0.1, 0.15) is 34.3 Å². The van der Waals surface area contributed by atoms with Gasteiger partial charge in [-0.25, -0.2) is 15.6 Å². The predicted molar refractivity (Wildman–Crippen MR) is 119 cm³/mol. The molecule has 2 aliphatic rings. The molecule has 1 aromatic rings. The van der Waals surface area contributed by atoms with E-state index in [4.69, 9.17) is 0 Å². The van der Waals surface area contributed by atoms with E-state index in [1.165, 1.54) is 12.1 Å². The summed E-state index contributed by atoms with van der Waals surface area (Å²) in [6.45, 7) is 1.90. The molecule has 36 heavy (non-hydrogen) atoms. The van der Waals surface area contributed by atoms with Crippen molar-refractivity contribution in [1.82, 2.24) is 15.5 Å². The first kappa shape index (κ1) is 29.1. The van der Waals surface area contributed by atoms with Crippen LogP contribution in [-0.2, 0) is 17.7 Å². The van der Waals surface area contributed by atoms with Crippen LogP contribution in [0.4, 0.5) is 22.4 Å². The second kappa shape index (κ2) is 13.3. The third-order valence-corrected chi connectivity index (χ3v) is 4.91. The summed E-state index contributed by atoms with van der Waals surface area (Å²) in [6, 6.07) is 2.48. The molecule has 13 heteroatoms. The van der Waals surface area contributed by atoms with Crippen LogP contribution in [0.3, 0.4) is 0 Å². The molecule has 1 unspecified atom stereocenters. The number of ether oxygens (including phenoxy) is 1. The number of nitrogens with zero attached hydrogens (tertiary/aromatic N) is 3. The number of rotatable bonds is 7. The number of carbonyl (C=O) groups is 2. The van der Waals surface area contributed by atoms with Crippen molar-refractivity contribution in [1.29, 1.82) is 0 Å². The average Bonchev–Trinajstić information content (AvgIpc) is 2.81. The molecule has 0 radical (unpaired) electrons. The Hall–Kier alpha value is -3.10. The van der Waals surface area contributed by atoms with Gasteiger partial charge in [0.15, 0.2) is 6.61 Å². The standard InChI is InChI=1S/C23H22F4N5O3.Li/c1-2-3-8-28-29-12-17-5-4-6-20(30-17)31-21(33)18-10-16-13-32(9-7-15(16)11-19(18)24)22(34)35-14-23(25,26)27;/h4-6,10-11,20,30H,1-3,7,9,13-14H2,(H,31,33);/q-3;+1. The van der Waals surface area contributed by atoms with Gasteiger partial charge in [-0.05, 0) is 29.7 Å². The molecule has 0 saturated heterocycles. The summed E-state index contributed by atoms with van der Waals surface area (Å²) < 4.78 is 55.9. The van der Waals surface area contributed by atoms with Crippen LogP contribution in [0.25, 0.3) is 0 Å². The van der Waals surface area contributed by atoms with E-state index in [1.807, 2.05) is 0 Å². The van der Waals surface area contributed by atoms with Crippen LogP contribution in [0.5, 0.6) is 0 Å². The first-order valence-corrected chi connectivity index (χ1v) is 10.6. The van der Waals surface area contributed by atoms with Crippen LogP contribution in [0.2, 0.25) is 0 Å². The molecule has 0 spiro atoms. The Bertz CT molecular complexity index is 1070. The van der Waals surface area contributed by atoms with E-state index in [-0.39, 0.29) is 43.9 Å². The number of hydrogen-bond acceptors (Lipinski definition) is 6. The van der Waals surface area contributed by atoms with Gasteiger partial charge in [0.1, 0.15) is 12.0 Å². The number of dihydropyridines is 1. The number of amides is 2. The summed E-state index contributed by atoms with van der Waals surface area (Å²) in [4.78, 5) is 25.8. The molecule has 1 aromatic carbocycles. The quantitative estimate of drug-likeness (QED) is 0.187. The zero-order chi connectivity index (χ0) is 25.4. The fourth-order valence-corrected chi connectivity index (χ4v) is 3.29. The van der Waals surface area contributed by atoms with Gasteiger partial charge in [-0.15, -0.1) is 18.0 Å². The molecule has 0 aromatic heterocycles. The second-order valence-electron chi connectivity index (χ2n) is 7.58. The third kappa shape index (κ3) is 8.53. The minimum Gasteiger partial charge on any atom is -0.440 e. The summed E-state index contributed by atoms with van der Waals surface area (Å²) in [5, 5.41) is 12.9. The number of allylic oxidation sites excluding steroid dienone is 3. The van der Waals surface area contributed by atoms with Crippen LogP contribution in [-0.4, -0.2) is 54.8 Å². The number of unbranched alkanes of at least 4 members (excludes halogenated alkanes) is 1. The maximum absolute atomic E-state index is 14.6. The van der Waals surface area contributed by atoms with E-state index < -0.39 is 36.8 Å². The molecule has 0 bridgehead atoms. The molecule has 2 aliphatic heterocycles. The molecule has 0 saturated carbocycles. The summed E-state index contributed by atoms with van der Waals surface area (Å²) in [6.07, 6.45) is 5.14. The fourth-order valence-electron chi connectivity index (χ4n) is 3.29. The Morgan fingerprint density at radius 2 is 2.06 bits per heavy atom. The van der Waals surface area contributed by atoms with Crippen molar-refractivity contribution >= 4 is 24.4 Å². The molecule has 2 amide bonds. The van der Waals surface area contributed by atoms with Crippen molar-refractivity contribution in [2.24, 2.45) is 10.2 Å². The number of alkyl halides is 3. The van der Waals surface area contributed by atoms with Crippen molar-refractivity contribution < 1.29 is 50.7 Å².